The molecule has 6 aliphatic rings. The first-order valence-electron chi connectivity index (χ1n) is 20.0. The number of H-pyrrole nitrogens is 1. The first-order valence-corrected chi connectivity index (χ1v) is 20.0. The number of benzene rings is 2. The van der Waals surface area contributed by atoms with Crippen molar-refractivity contribution in [1.29, 1.82) is 0 Å². The number of piperidine rings is 1. The van der Waals surface area contributed by atoms with Crippen molar-refractivity contribution in [2.75, 3.05) is 58.9 Å². The molecule has 6 heterocycles. The maximum Gasteiger partial charge on any atom is 0.322 e. The topological polar surface area (TPSA) is 163 Å². The van der Waals surface area contributed by atoms with E-state index in [0.717, 1.165) is 33.4 Å². The highest BCUT2D eigenvalue weighted by atomic mass is 16.5. The number of carbonyl (C=O) groups is 2. The van der Waals surface area contributed by atoms with Crippen LogP contribution in [-0.4, -0.2) is 125 Å². The number of para-hydroxylation sites is 1. The van der Waals surface area contributed by atoms with Gasteiger partial charge in [0.05, 0.1) is 25.9 Å². The molecule has 12 nitrogen and oxygen atoms in total. The number of aromatic nitrogens is 1. The van der Waals surface area contributed by atoms with E-state index in [9.17, 15) is 20.1 Å². The van der Waals surface area contributed by atoms with Crippen LogP contribution in [0.25, 0.3) is 10.9 Å². The fourth-order valence-electron chi connectivity index (χ4n) is 13.0. The summed E-state index contributed by atoms with van der Waals surface area (Å²) >= 11 is 0. The van der Waals surface area contributed by atoms with Gasteiger partial charge in [0.25, 0.3) is 5.91 Å². The molecule has 1 amide bonds. The van der Waals surface area contributed by atoms with E-state index in [0.29, 0.717) is 82.6 Å². The molecule has 3 fully saturated rings. The van der Waals surface area contributed by atoms with Crippen LogP contribution in [0.4, 0.5) is 5.69 Å². The van der Waals surface area contributed by atoms with Gasteiger partial charge in [-0.3, -0.25) is 25.1 Å². The van der Waals surface area contributed by atoms with Crippen molar-refractivity contribution in [2.24, 2.45) is 11.3 Å². The predicted octanol–water partition coefficient (Wildman–Crippen LogP) is 3.06. The number of likely N-dealkylation sites (N-methyl/N-ethyl adjacent to an activating group) is 1. The van der Waals surface area contributed by atoms with Crippen LogP contribution in [0.15, 0.2) is 48.6 Å². The van der Waals surface area contributed by atoms with Crippen LogP contribution in [0.5, 0.6) is 5.75 Å². The van der Waals surface area contributed by atoms with Gasteiger partial charge in [0, 0.05) is 84.0 Å². The molecule has 1 spiro atoms. The summed E-state index contributed by atoms with van der Waals surface area (Å²) in [5, 5.41) is 37.9. The normalized spacial score (nSPS) is 39.0. The number of ether oxygens (including phenoxy) is 2. The summed E-state index contributed by atoms with van der Waals surface area (Å²) in [4.78, 5) is 39.1. The summed E-state index contributed by atoms with van der Waals surface area (Å²) in [5.74, 6) is -1.29. The van der Waals surface area contributed by atoms with E-state index in [1.165, 1.54) is 7.11 Å². The molecule has 12 heteroatoms. The smallest absolute Gasteiger partial charge is 0.322 e. The third-order valence-corrected chi connectivity index (χ3v) is 15.2. The summed E-state index contributed by atoms with van der Waals surface area (Å²) in [6, 6.07) is 10.9. The minimum Gasteiger partial charge on any atom is -0.496 e. The number of aliphatic hydroxyl groups is 3. The van der Waals surface area contributed by atoms with Crippen LogP contribution in [0.1, 0.15) is 68.3 Å². The quantitative estimate of drug-likeness (QED) is 0.218. The molecule has 1 aromatic heterocycles. The summed E-state index contributed by atoms with van der Waals surface area (Å²) in [6.45, 7) is 7.31. The SMILES string of the molecule is CC[C@@]1(O)C[C@@H]2CN(CCc3c([nH]c4ccccc34)[C@](C(=O)OC)(c3cc4c(cc3OC)N(C)[C@@H]3[C@]45CCN4CC=C[C@@](CC)(C(O)[C@]3(O)C([NH])=O)[C@H]45)C2)C1. The van der Waals surface area contributed by atoms with Gasteiger partial charge in [0.15, 0.2) is 5.60 Å². The summed E-state index contributed by atoms with van der Waals surface area (Å²) in [7, 11) is 4.85. The number of aromatic amines is 1. The molecule has 1 radical (unpaired) electrons. The summed E-state index contributed by atoms with van der Waals surface area (Å²) in [5.41, 5.74) is 6.81. The second kappa shape index (κ2) is 12.3. The van der Waals surface area contributed by atoms with Crippen LogP contribution in [-0.2, 0) is 31.6 Å². The van der Waals surface area contributed by atoms with Gasteiger partial charge in [-0.05, 0) is 74.2 Å². The maximum atomic E-state index is 15.2. The molecule has 10 atom stereocenters. The highest BCUT2D eigenvalue weighted by Crippen LogP contribution is 2.67. The zero-order chi connectivity index (χ0) is 38.9. The molecule has 293 valence electrons. The fourth-order valence-corrected chi connectivity index (χ4v) is 13.0. The molecule has 5 aliphatic heterocycles. The average Bonchev–Trinajstić information content (AvgIpc) is 3.84. The van der Waals surface area contributed by atoms with Crippen molar-refractivity contribution < 1.29 is 34.4 Å². The molecule has 5 N–H and O–H groups in total. The predicted molar refractivity (Wildman–Crippen MR) is 207 cm³/mol. The lowest BCUT2D eigenvalue weighted by atomic mass is 9.47. The molecule has 55 heavy (non-hydrogen) atoms. The highest BCUT2D eigenvalue weighted by Gasteiger charge is 2.78. The Morgan fingerprint density at radius 2 is 1.82 bits per heavy atom. The first kappa shape index (κ1) is 36.7. The molecule has 1 aliphatic carbocycles. The number of nitrogens with one attached hydrogen (secondary N) is 2. The Morgan fingerprint density at radius 3 is 2.53 bits per heavy atom. The molecular formula is C43H54N5O7. The highest BCUT2D eigenvalue weighted by molar-refractivity contribution is 5.95. The lowest BCUT2D eigenvalue weighted by Crippen LogP contribution is -2.80. The number of rotatable bonds is 6. The average molecular weight is 753 g/mol. The fraction of sp³-hybridized carbons (Fsp3) is 0.581. The summed E-state index contributed by atoms with van der Waals surface area (Å²) in [6.07, 6.45) is 5.58. The van der Waals surface area contributed by atoms with Crippen LogP contribution < -0.4 is 15.4 Å². The van der Waals surface area contributed by atoms with Crippen molar-refractivity contribution in [3.63, 3.8) is 0 Å². The lowest BCUT2D eigenvalue weighted by molar-refractivity contribution is -0.201. The van der Waals surface area contributed by atoms with Crippen molar-refractivity contribution in [2.45, 2.75) is 92.6 Å². The van der Waals surface area contributed by atoms with Gasteiger partial charge in [0.2, 0.25) is 0 Å². The molecule has 3 aromatic rings. The van der Waals surface area contributed by atoms with Crippen LogP contribution in [0, 0.1) is 11.3 Å². The monoisotopic (exact) mass is 752 g/mol. The van der Waals surface area contributed by atoms with E-state index in [2.05, 4.69) is 26.9 Å². The Labute approximate surface area is 322 Å². The van der Waals surface area contributed by atoms with Gasteiger partial charge in [-0.15, -0.1) is 0 Å². The largest absolute Gasteiger partial charge is 0.496 e. The minimum absolute atomic E-state index is 0.0873. The number of methoxy groups -OCH3 is 2. The van der Waals surface area contributed by atoms with Gasteiger partial charge in [-0.25, -0.2) is 0 Å². The first-order chi connectivity index (χ1) is 26.3. The number of carbonyl (C=O) groups excluding carboxylic acids is 2. The van der Waals surface area contributed by atoms with E-state index >= 15 is 4.79 Å². The van der Waals surface area contributed by atoms with Gasteiger partial charge in [-0.2, -0.15) is 0 Å². The lowest BCUT2D eigenvalue weighted by Gasteiger charge is -2.63. The number of aliphatic hydroxyl groups excluding tert-OH is 1. The van der Waals surface area contributed by atoms with Gasteiger partial charge < -0.3 is 34.7 Å². The molecule has 2 bridgehead atoms. The molecular weight excluding hydrogens is 699 g/mol. The number of hydrogen-bond acceptors (Lipinski definition) is 10. The van der Waals surface area contributed by atoms with Crippen LogP contribution >= 0.6 is 0 Å². The van der Waals surface area contributed by atoms with Crippen molar-refractivity contribution in [3.8, 4) is 5.75 Å². The second-order valence-corrected chi connectivity index (χ2v) is 17.5. The van der Waals surface area contributed by atoms with E-state index < -0.39 is 51.5 Å². The Bertz CT molecular complexity index is 2120. The number of hydrogen-bond donors (Lipinski definition) is 4. The molecule has 2 saturated heterocycles. The summed E-state index contributed by atoms with van der Waals surface area (Å²) < 4.78 is 12.2. The van der Waals surface area contributed by atoms with Gasteiger partial charge in [-0.1, -0.05) is 44.2 Å². The van der Waals surface area contributed by atoms with E-state index in [1.54, 1.807) is 7.11 Å². The van der Waals surface area contributed by atoms with Crippen LogP contribution in [0.2, 0.25) is 0 Å². The molecule has 2 aromatic carbocycles. The Morgan fingerprint density at radius 1 is 1.04 bits per heavy atom. The third-order valence-electron chi connectivity index (χ3n) is 15.2. The molecule has 1 saturated carbocycles. The number of fused-ring (bicyclic) bond motifs is 6. The zero-order valence-corrected chi connectivity index (χ0v) is 32.5. The van der Waals surface area contributed by atoms with E-state index in [4.69, 9.17) is 15.2 Å². The zero-order valence-electron chi connectivity index (χ0n) is 32.5. The Kier molecular flexibility index (Phi) is 8.19. The second-order valence-electron chi connectivity index (χ2n) is 17.5. The van der Waals surface area contributed by atoms with Crippen molar-refractivity contribution in [1.82, 2.24) is 20.5 Å². The van der Waals surface area contributed by atoms with E-state index in [1.807, 2.05) is 62.2 Å². The van der Waals surface area contributed by atoms with Crippen LogP contribution in [0.3, 0.4) is 0 Å². The van der Waals surface area contributed by atoms with Crippen molar-refractivity contribution in [3.05, 3.63) is 70.9 Å². The number of nitrogens with zero attached hydrogens (tertiary/aromatic N) is 3. The Balaban J connectivity index is 1.36. The molecule has 9 rings (SSSR count). The minimum atomic E-state index is -2.41. The van der Waals surface area contributed by atoms with Gasteiger partial charge in [0.1, 0.15) is 17.3 Å². The third kappa shape index (κ3) is 4.51. The number of anilines is 1. The van der Waals surface area contributed by atoms with Crippen molar-refractivity contribution >= 4 is 28.5 Å². The molecule has 2 unspecified atom stereocenters. The standard InChI is InChI=1S/C43H54N5O7/c1-6-39(52)21-25-22-42(38(51)55-5,33-27(13-17-47(23-25)24-39)26-11-8-9-12-30(26)45-33)29-19-28-31(20-32(29)54-4)46(3)35-41(28)15-18-48-16-10-14-40(7-2,34(41)48)36(49)43(35,53)37(44)50/h8-12,14,19-20,25,34-36,44-45,49,52-53H,6-7,13,15-18,21-24H2,1-5H3/t25-,34-,35+,36?,39+,40+,41+,42+,43-/m0/s1. The number of amides is 1. The van der Waals surface area contributed by atoms with E-state index in [-0.39, 0.29) is 12.0 Å². The van der Waals surface area contributed by atoms with Gasteiger partial charge >= 0.3 is 5.97 Å². The number of esters is 1. The maximum absolute atomic E-state index is 15.2. The Hall–Kier alpha value is -3.94.